The van der Waals surface area contributed by atoms with Crippen LogP contribution in [0.2, 0.25) is 0 Å². The molecular weight excluding hydrogens is 444 g/mol. The van der Waals surface area contributed by atoms with Gasteiger partial charge in [-0.2, -0.15) is 5.10 Å². The van der Waals surface area contributed by atoms with Crippen LogP contribution in [0.1, 0.15) is 12.5 Å². The van der Waals surface area contributed by atoms with E-state index < -0.39 is 0 Å². The van der Waals surface area contributed by atoms with Crippen LogP contribution in [0.4, 0.5) is 17.5 Å². The average molecular weight is 469 g/mol. The summed E-state index contributed by atoms with van der Waals surface area (Å²) in [6.45, 7) is 6.77. The summed E-state index contributed by atoms with van der Waals surface area (Å²) in [5.41, 5.74) is 3.95. The van der Waals surface area contributed by atoms with Crippen LogP contribution in [0.3, 0.4) is 0 Å². The van der Waals surface area contributed by atoms with Crippen molar-refractivity contribution in [3.63, 3.8) is 0 Å². The van der Waals surface area contributed by atoms with Crippen molar-refractivity contribution < 1.29 is 4.74 Å². The minimum Gasteiger partial charge on any atom is -0.457 e. The molecule has 5 heterocycles. The molecule has 2 N–H and O–H groups in total. The predicted octanol–water partition coefficient (Wildman–Crippen LogP) is 3.10. The molecule has 1 saturated heterocycles. The Bertz CT molecular complexity index is 1520. The van der Waals surface area contributed by atoms with Crippen molar-refractivity contribution in [1.82, 2.24) is 39.9 Å². The van der Waals surface area contributed by atoms with Crippen LogP contribution in [0.5, 0.6) is 11.5 Å². The highest BCUT2D eigenvalue weighted by molar-refractivity contribution is 5.87. The van der Waals surface area contributed by atoms with Crippen LogP contribution in [-0.4, -0.2) is 60.2 Å². The van der Waals surface area contributed by atoms with Gasteiger partial charge in [0.25, 0.3) is 0 Å². The van der Waals surface area contributed by atoms with Crippen LogP contribution in [-0.2, 0) is 0 Å². The van der Waals surface area contributed by atoms with Gasteiger partial charge >= 0.3 is 0 Å². The summed E-state index contributed by atoms with van der Waals surface area (Å²) in [6, 6.07) is 9.98. The lowest BCUT2D eigenvalue weighted by molar-refractivity contribution is 0.478. The van der Waals surface area contributed by atoms with Gasteiger partial charge in [0.1, 0.15) is 35.2 Å². The molecule has 1 aliphatic heterocycles. The first-order valence-corrected chi connectivity index (χ1v) is 11.4. The summed E-state index contributed by atoms with van der Waals surface area (Å²) in [4.78, 5) is 24.5. The van der Waals surface area contributed by atoms with Crippen molar-refractivity contribution in [3.8, 4) is 11.5 Å². The second-order valence-corrected chi connectivity index (χ2v) is 8.56. The number of ether oxygens (including phenoxy) is 1. The second kappa shape index (κ2) is 8.76. The van der Waals surface area contributed by atoms with Crippen molar-refractivity contribution in [2.24, 2.45) is 0 Å². The minimum absolute atomic E-state index is 0.384. The summed E-state index contributed by atoms with van der Waals surface area (Å²) in [5.74, 6) is 2.77. The zero-order valence-corrected chi connectivity index (χ0v) is 19.4. The summed E-state index contributed by atoms with van der Waals surface area (Å²) < 4.78 is 7.78. The number of anilines is 3. The van der Waals surface area contributed by atoms with E-state index in [9.17, 15) is 0 Å². The molecule has 1 fully saturated rings. The first-order valence-electron chi connectivity index (χ1n) is 11.4. The quantitative estimate of drug-likeness (QED) is 0.398. The lowest BCUT2D eigenvalue weighted by atomic mass is 10.2. The van der Waals surface area contributed by atoms with Crippen LogP contribution in [0.25, 0.3) is 16.7 Å². The number of nitrogens with one attached hydrogen (secondary N) is 2. The molecule has 5 aromatic rings. The first-order chi connectivity index (χ1) is 17.1. The Balaban J connectivity index is 1.25. The number of fused-ring (bicyclic) bond motifs is 2. The Morgan fingerprint density at radius 3 is 2.91 bits per heavy atom. The molecule has 1 aromatic carbocycles. The number of rotatable bonds is 5. The van der Waals surface area contributed by atoms with E-state index in [0.29, 0.717) is 34.6 Å². The third-order valence-corrected chi connectivity index (χ3v) is 5.93. The number of hydrogen-bond donors (Lipinski definition) is 2. The average Bonchev–Trinajstić information content (AvgIpc) is 3.34. The van der Waals surface area contributed by atoms with Gasteiger partial charge in [0.2, 0.25) is 5.95 Å². The van der Waals surface area contributed by atoms with E-state index in [4.69, 9.17) is 9.72 Å². The zero-order valence-electron chi connectivity index (χ0n) is 19.4. The van der Waals surface area contributed by atoms with Crippen LogP contribution >= 0.6 is 0 Å². The largest absolute Gasteiger partial charge is 0.457 e. The van der Waals surface area contributed by atoms with Gasteiger partial charge in [-0.05, 0) is 43.7 Å². The van der Waals surface area contributed by atoms with Crippen molar-refractivity contribution in [2.75, 3.05) is 29.9 Å². The molecular formula is C24H24N10O. The molecule has 0 amide bonds. The molecule has 1 unspecified atom stereocenters. The minimum atomic E-state index is 0.384. The van der Waals surface area contributed by atoms with Gasteiger partial charge < -0.3 is 20.3 Å². The number of hydrogen-bond acceptors (Lipinski definition) is 10. The predicted molar refractivity (Wildman–Crippen MR) is 132 cm³/mol. The smallest absolute Gasteiger partial charge is 0.226 e. The van der Waals surface area contributed by atoms with Crippen LogP contribution < -0.4 is 20.3 Å². The number of benzene rings is 1. The fourth-order valence-corrected chi connectivity index (χ4v) is 4.17. The number of nitrogens with zero attached hydrogens (tertiary/aromatic N) is 8. The fraction of sp³-hybridized carbons (Fsp3) is 0.250. The third-order valence-electron chi connectivity index (χ3n) is 5.93. The SMILES string of the molecule is Cc1cc(Nc2ncnc3cnc(N4CCNC(C)C4)nc23)ccc1Oc1ccn2ncnc2c1. The number of aromatic nitrogens is 7. The van der Waals surface area contributed by atoms with Gasteiger partial charge in [0.15, 0.2) is 11.5 Å². The van der Waals surface area contributed by atoms with Gasteiger partial charge in [-0.3, -0.25) is 0 Å². The zero-order chi connectivity index (χ0) is 23.8. The van der Waals surface area contributed by atoms with Crippen molar-refractivity contribution in [2.45, 2.75) is 19.9 Å². The van der Waals surface area contributed by atoms with Crippen LogP contribution in [0.15, 0.2) is 55.4 Å². The van der Waals surface area contributed by atoms with Gasteiger partial charge in [0.05, 0.1) is 6.20 Å². The van der Waals surface area contributed by atoms with Crippen LogP contribution in [0, 0.1) is 6.92 Å². The molecule has 0 spiro atoms. The topological polar surface area (TPSA) is 118 Å². The maximum absolute atomic E-state index is 6.09. The van der Waals surface area contributed by atoms with E-state index in [0.717, 1.165) is 42.3 Å². The Hall–Kier alpha value is -4.38. The van der Waals surface area contributed by atoms with Crippen molar-refractivity contribution in [1.29, 1.82) is 0 Å². The lowest BCUT2D eigenvalue weighted by Crippen LogP contribution is -2.49. The van der Waals surface area contributed by atoms with E-state index in [-0.39, 0.29) is 0 Å². The molecule has 0 radical (unpaired) electrons. The summed E-state index contributed by atoms with van der Waals surface area (Å²) in [5, 5.41) is 10.9. The summed E-state index contributed by atoms with van der Waals surface area (Å²) in [7, 11) is 0. The van der Waals surface area contributed by atoms with E-state index >= 15 is 0 Å². The third kappa shape index (κ3) is 4.28. The molecule has 1 aliphatic rings. The Kier molecular flexibility index (Phi) is 5.30. The maximum Gasteiger partial charge on any atom is 0.226 e. The molecule has 11 heteroatoms. The van der Waals surface area contributed by atoms with E-state index in [1.165, 1.54) is 12.7 Å². The number of aryl methyl sites for hydroxylation is 1. The normalized spacial score (nSPS) is 16.1. The lowest BCUT2D eigenvalue weighted by Gasteiger charge is -2.31. The van der Waals surface area contributed by atoms with Crippen molar-refractivity contribution >= 4 is 34.1 Å². The summed E-state index contributed by atoms with van der Waals surface area (Å²) >= 11 is 0. The Labute approximate surface area is 201 Å². The molecule has 35 heavy (non-hydrogen) atoms. The molecule has 0 bridgehead atoms. The second-order valence-electron chi connectivity index (χ2n) is 8.56. The van der Waals surface area contributed by atoms with Crippen molar-refractivity contribution in [3.05, 3.63) is 60.9 Å². The monoisotopic (exact) mass is 468 g/mol. The molecule has 176 valence electrons. The Morgan fingerprint density at radius 1 is 1.09 bits per heavy atom. The van der Waals surface area contributed by atoms with Gasteiger partial charge in [0, 0.05) is 43.6 Å². The highest BCUT2D eigenvalue weighted by Crippen LogP contribution is 2.30. The standard InChI is InChI=1S/C24H24N10O/c1-15-9-17(3-4-20(15)35-18-5-7-34-21(10-18)28-14-30-34)31-23-22-19(27-13-29-23)11-26-24(32-22)33-8-6-25-16(2)12-33/h3-5,7,9-11,13-14,16,25H,6,8,12H2,1-2H3,(H,27,29,31). The fourth-order valence-electron chi connectivity index (χ4n) is 4.17. The molecule has 4 aromatic heterocycles. The molecule has 1 atom stereocenters. The van der Waals surface area contributed by atoms with E-state index in [2.05, 4.69) is 47.5 Å². The molecule has 0 saturated carbocycles. The maximum atomic E-state index is 6.09. The van der Waals surface area contributed by atoms with Gasteiger partial charge in [-0.25, -0.2) is 29.4 Å². The Morgan fingerprint density at radius 2 is 2.03 bits per heavy atom. The summed E-state index contributed by atoms with van der Waals surface area (Å²) in [6.07, 6.45) is 6.61. The molecule has 0 aliphatic carbocycles. The van der Waals surface area contributed by atoms with E-state index in [1.807, 2.05) is 43.5 Å². The molecule has 11 nitrogen and oxygen atoms in total. The molecule has 6 rings (SSSR count). The first kappa shape index (κ1) is 21.2. The number of pyridine rings is 1. The highest BCUT2D eigenvalue weighted by Gasteiger charge is 2.19. The van der Waals surface area contributed by atoms with E-state index in [1.54, 1.807) is 10.7 Å². The van der Waals surface area contributed by atoms with Gasteiger partial charge in [-0.15, -0.1) is 0 Å². The van der Waals surface area contributed by atoms with Gasteiger partial charge in [-0.1, -0.05) is 0 Å². The highest BCUT2D eigenvalue weighted by atomic mass is 16.5. The number of piperazine rings is 1.